The van der Waals surface area contributed by atoms with Crippen molar-refractivity contribution in [1.82, 2.24) is 15.5 Å². The summed E-state index contributed by atoms with van der Waals surface area (Å²) in [6.45, 7) is 6.71. The van der Waals surface area contributed by atoms with Gasteiger partial charge in [0.05, 0.1) is 0 Å². The van der Waals surface area contributed by atoms with E-state index in [9.17, 15) is 4.79 Å². The summed E-state index contributed by atoms with van der Waals surface area (Å²) in [5.41, 5.74) is 1.48. The Kier molecular flexibility index (Phi) is 13.6. The van der Waals surface area contributed by atoms with Crippen LogP contribution in [0, 0.1) is 11.8 Å². The normalized spacial score (nSPS) is 19.9. The van der Waals surface area contributed by atoms with Crippen LogP contribution in [0.2, 0.25) is 0 Å². The lowest BCUT2D eigenvalue weighted by molar-refractivity contribution is -0.121. The van der Waals surface area contributed by atoms with Crippen LogP contribution in [0.25, 0.3) is 0 Å². The smallest absolute Gasteiger partial charge is 0.220 e. The van der Waals surface area contributed by atoms with Gasteiger partial charge in [-0.3, -0.25) is 4.79 Å². The fraction of sp³-hybridized carbons (Fsp3) is 0.696. The van der Waals surface area contributed by atoms with Crippen LogP contribution >= 0.6 is 24.8 Å². The van der Waals surface area contributed by atoms with Gasteiger partial charge in [-0.15, -0.1) is 24.8 Å². The van der Waals surface area contributed by atoms with Crippen molar-refractivity contribution in [3.05, 3.63) is 35.9 Å². The SMILES string of the molecule is Cl.Cl.O=C(CCC1CCNC1)NCCCCN1CCC(Cc2ccccc2)CC1. The van der Waals surface area contributed by atoms with Crippen molar-refractivity contribution >= 4 is 30.7 Å². The molecule has 3 rings (SSSR count). The van der Waals surface area contributed by atoms with Gasteiger partial charge in [-0.05, 0) is 95.1 Å². The van der Waals surface area contributed by atoms with Crippen molar-refractivity contribution in [2.75, 3.05) is 39.3 Å². The van der Waals surface area contributed by atoms with Crippen molar-refractivity contribution in [2.45, 2.75) is 51.4 Å². The minimum absolute atomic E-state index is 0. The van der Waals surface area contributed by atoms with Gasteiger partial charge in [-0.25, -0.2) is 0 Å². The quantitative estimate of drug-likeness (QED) is 0.535. The molecule has 0 aromatic heterocycles. The highest BCUT2D eigenvalue weighted by Gasteiger charge is 2.19. The number of halogens is 2. The first-order valence-corrected chi connectivity index (χ1v) is 11.0. The van der Waals surface area contributed by atoms with Gasteiger partial charge in [0.2, 0.25) is 5.91 Å². The van der Waals surface area contributed by atoms with Gasteiger partial charge in [0.25, 0.3) is 0 Å². The van der Waals surface area contributed by atoms with Crippen molar-refractivity contribution in [3.8, 4) is 0 Å². The van der Waals surface area contributed by atoms with Crippen LogP contribution in [0.15, 0.2) is 30.3 Å². The zero-order chi connectivity index (χ0) is 18.7. The first-order valence-electron chi connectivity index (χ1n) is 11.0. The summed E-state index contributed by atoms with van der Waals surface area (Å²) in [5.74, 6) is 1.79. The van der Waals surface area contributed by atoms with Crippen LogP contribution in [0.4, 0.5) is 0 Å². The van der Waals surface area contributed by atoms with Gasteiger partial charge in [0.1, 0.15) is 0 Å². The van der Waals surface area contributed by atoms with E-state index in [0.29, 0.717) is 12.3 Å². The Morgan fingerprint density at radius 1 is 1.03 bits per heavy atom. The number of rotatable bonds is 10. The summed E-state index contributed by atoms with van der Waals surface area (Å²) >= 11 is 0. The van der Waals surface area contributed by atoms with Crippen molar-refractivity contribution in [1.29, 1.82) is 0 Å². The molecule has 0 saturated carbocycles. The standard InChI is InChI=1S/C23H37N3O.2ClH/c27-23(9-8-22-10-14-24-19-22)25-13-4-5-15-26-16-11-21(12-17-26)18-20-6-2-1-3-7-20;;/h1-3,6-7,21-22,24H,4-5,8-19H2,(H,25,27);2*1H. The number of carbonyl (C=O) groups excluding carboxylic acids is 1. The van der Waals surface area contributed by atoms with Gasteiger partial charge in [0, 0.05) is 13.0 Å². The third kappa shape index (κ3) is 10.2. The van der Waals surface area contributed by atoms with E-state index in [1.165, 1.54) is 57.3 Å². The van der Waals surface area contributed by atoms with Crippen LogP contribution in [0.1, 0.15) is 50.5 Å². The second-order valence-electron chi connectivity index (χ2n) is 8.43. The van der Waals surface area contributed by atoms with Gasteiger partial charge in [0.15, 0.2) is 0 Å². The molecule has 1 unspecified atom stereocenters. The minimum atomic E-state index is 0. The molecule has 166 valence electrons. The summed E-state index contributed by atoms with van der Waals surface area (Å²) in [6, 6.07) is 10.9. The molecule has 2 fully saturated rings. The molecule has 2 aliphatic rings. The number of amides is 1. The summed E-state index contributed by atoms with van der Waals surface area (Å²) < 4.78 is 0. The first-order chi connectivity index (χ1) is 13.3. The number of benzene rings is 1. The van der Waals surface area contributed by atoms with E-state index in [4.69, 9.17) is 0 Å². The summed E-state index contributed by atoms with van der Waals surface area (Å²) in [4.78, 5) is 14.5. The van der Waals surface area contributed by atoms with Crippen molar-refractivity contribution in [3.63, 3.8) is 0 Å². The Morgan fingerprint density at radius 3 is 2.48 bits per heavy atom. The summed E-state index contributed by atoms with van der Waals surface area (Å²) in [5, 5.41) is 6.47. The number of likely N-dealkylation sites (tertiary alicyclic amines) is 1. The van der Waals surface area contributed by atoms with E-state index < -0.39 is 0 Å². The van der Waals surface area contributed by atoms with Gasteiger partial charge >= 0.3 is 0 Å². The fourth-order valence-corrected chi connectivity index (χ4v) is 4.43. The van der Waals surface area contributed by atoms with Crippen molar-refractivity contribution < 1.29 is 4.79 Å². The zero-order valence-corrected chi connectivity index (χ0v) is 19.2. The average Bonchev–Trinajstić information content (AvgIpc) is 3.22. The monoisotopic (exact) mass is 443 g/mol. The molecule has 0 radical (unpaired) electrons. The van der Waals surface area contributed by atoms with E-state index in [1.54, 1.807) is 0 Å². The number of nitrogens with zero attached hydrogens (tertiary/aromatic N) is 1. The van der Waals surface area contributed by atoms with E-state index in [0.717, 1.165) is 38.4 Å². The zero-order valence-electron chi connectivity index (χ0n) is 17.6. The predicted octanol–water partition coefficient (Wildman–Crippen LogP) is 4.07. The highest BCUT2D eigenvalue weighted by Crippen LogP contribution is 2.21. The average molecular weight is 444 g/mol. The highest BCUT2D eigenvalue weighted by molar-refractivity contribution is 5.85. The Labute approximate surface area is 189 Å². The first kappa shape index (κ1) is 26.2. The second kappa shape index (κ2) is 15.1. The Bertz CT molecular complexity index is 544. The molecule has 2 N–H and O–H groups in total. The van der Waals surface area contributed by atoms with Crippen LogP contribution in [-0.2, 0) is 11.2 Å². The molecule has 0 spiro atoms. The molecule has 1 atom stereocenters. The Hall–Kier alpha value is -0.810. The molecule has 1 aromatic rings. The topological polar surface area (TPSA) is 44.4 Å². The third-order valence-corrected chi connectivity index (χ3v) is 6.24. The molecule has 6 heteroatoms. The number of carbonyl (C=O) groups is 1. The summed E-state index contributed by atoms with van der Waals surface area (Å²) in [7, 11) is 0. The lowest BCUT2D eigenvalue weighted by Gasteiger charge is -2.32. The van der Waals surface area contributed by atoms with Crippen LogP contribution in [-0.4, -0.2) is 50.1 Å². The second-order valence-corrected chi connectivity index (χ2v) is 8.43. The van der Waals surface area contributed by atoms with E-state index in [-0.39, 0.29) is 30.7 Å². The Balaban J connectivity index is 0.00000210. The molecule has 4 nitrogen and oxygen atoms in total. The third-order valence-electron chi connectivity index (χ3n) is 6.24. The van der Waals surface area contributed by atoms with Gasteiger partial charge < -0.3 is 15.5 Å². The number of hydrogen-bond donors (Lipinski definition) is 2. The molecule has 2 heterocycles. The number of unbranched alkanes of at least 4 members (excludes halogenated alkanes) is 1. The highest BCUT2D eigenvalue weighted by atomic mass is 35.5. The molecule has 0 bridgehead atoms. The van der Waals surface area contributed by atoms with Crippen molar-refractivity contribution in [2.24, 2.45) is 11.8 Å². The molecule has 1 aromatic carbocycles. The van der Waals surface area contributed by atoms with E-state index in [1.807, 2.05) is 0 Å². The molecular weight excluding hydrogens is 405 g/mol. The molecule has 29 heavy (non-hydrogen) atoms. The van der Waals surface area contributed by atoms with E-state index >= 15 is 0 Å². The lowest BCUT2D eigenvalue weighted by atomic mass is 9.90. The minimum Gasteiger partial charge on any atom is -0.356 e. The van der Waals surface area contributed by atoms with Crippen LogP contribution in [0.5, 0.6) is 0 Å². The number of hydrogen-bond acceptors (Lipinski definition) is 3. The van der Waals surface area contributed by atoms with E-state index in [2.05, 4.69) is 45.9 Å². The van der Waals surface area contributed by atoms with Crippen LogP contribution < -0.4 is 10.6 Å². The maximum absolute atomic E-state index is 11.9. The number of nitrogens with one attached hydrogen (secondary N) is 2. The largest absolute Gasteiger partial charge is 0.356 e. The lowest BCUT2D eigenvalue weighted by Crippen LogP contribution is -2.35. The summed E-state index contributed by atoms with van der Waals surface area (Å²) in [6.07, 6.45) is 9.13. The molecule has 1 amide bonds. The van der Waals surface area contributed by atoms with Gasteiger partial charge in [-0.2, -0.15) is 0 Å². The maximum atomic E-state index is 11.9. The molecular formula is C23H39Cl2N3O. The van der Waals surface area contributed by atoms with Gasteiger partial charge in [-0.1, -0.05) is 30.3 Å². The fourth-order valence-electron chi connectivity index (χ4n) is 4.43. The molecule has 2 saturated heterocycles. The molecule has 2 aliphatic heterocycles. The number of piperidine rings is 1. The predicted molar refractivity (Wildman–Crippen MR) is 126 cm³/mol. The van der Waals surface area contributed by atoms with Crippen LogP contribution in [0.3, 0.4) is 0 Å². The maximum Gasteiger partial charge on any atom is 0.220 e. The Morgan fingerprint density at radius 2 is 1.79 bits per heavy atom. The molecule has 0 aliphatic carbocycles.